The SMILES string of the molecule is Cc1ccccc1CNC(=O)CSc1n[nH]c(-c2ccncc2)n1. The van der Waals surface area contributed by atoms with Gasteiger partial charge in [-0.15, -0.1) is 5.10 Å². The highest BCUT2D eigenvalue weighted by Gasteiger charge is 2.09. The molecule has 24 heavy (non-hydrogen) atoms. The van der Waals surface area contributed by atoms with Crippen LogP contribution in [0.2, 0.25) is 0 Å². The standard InChI is InChI=1S/C17H17N5OS/c1-12-4-2-3-5-14(12)10-19-15(23)11-24-17-20-16(21-22-17)13-6-8-18-9-7-13/h2-9H,10-11H2,1H3,(H,19,23)(H,20,21,22). The summed E-state index contributed by atoms with van der Waals surface area (Å²) < 4.78 is 0. The largest absolute Gasteiger partial charge is 0.351 e. The zero-order chi connectivity index (χ0) is 16.8. The van der Waals surface area contributed by atoms with Gasteiger partial charge in [0.2, 0.25) is 11.1 Å². The van der Waals surface area contributed by atoms with Gasteiger partial charge < -0.3 is 5.32 Å². The summed E-state index contributed by atoms with van der Waals surface area (Å²) in [5.74, 6) is 0.901. The number of hydrogen-bond acceptors (Lipinski definition) is 5. The highest BCUT2D eigenvalue weighted by atomic mass is 32.2. The number of nitrogens with one attached hydrogen (secondary N) is 2. The Morgan fingerprint density at radius 2 is 2.00 bits per heavy atom. The molecule has 0 aliphatic carbocycles. The third kappa shape index (κ3) is 4.20. The van der Waals surface area contributed by atoms with Gasteiger partial charge in [-0.2, -0.15) is 0 Å². The zero-order valence-electron chi connectivity index (χ0n) is 13.2. The van der Waals surface area contributed by atoms with Gasteiger partial charge in [0, 0.05) is 24.5 Å². The van der Waals surface area contributed by atoms with E-state index in [0.717, 1.165) is 11.1 Å². The minimum absolute atomic E-state index is 0.0430. The summed E-state index contributed by atoms with van der Waals surface area (Å²) in [5, 5.41) is 10.5. The van der Waals surface area contributed by atoms with E-state index >= 15 is 0 Å². The van der Waals surface area contributed by atoms with Crippen LogP contribution in [0, 0.1) is 6.92 Å². The molecule has 0 saturated carbocycles. The number of amides is 1. The van der Waals surface area contributed by atoms with E-state index in [1.54, 1.807) is 12.4 Å². The maximum atomic E-state index is 12.0. The molecule has 2 N–H and O–H groups in total. The Kier molecular flexibility index (Phi) is 5.22. The minimum atomic E-state index is -0.0430. The predicted octanol–water partition coefficient (Wildman–Crippen LogP) is 2.58. The van der Waals surface area contributed by atoms with Crippen LogP contribution >= 0.6 is 11.8 Å². The van der Waals surface area contributed by atoms with E-state index in [4.69, 9.17) is 0 Å². The van der Waals surface area contributed by atoms with Crippen LogP contribution in [0.3, 0.4) is 0 Å². The Hall–Kier alpha value is -2.67. The van der Waals surface area contributed by atoms with Crippen molar-refractivity contribution in [2.75, 3.05) is 5.75 Å². The molecule has 0 unspecified atom stereocenters. The molecule has 0 radical (unpaired) electrons. The second-order valence-electron chi connectivity index (χ2n) is 5.19. The fraction of sp³-hybridized carbons (Fsp3) is 0.176. The summed E-state index contributed by atoms with van der Waals surface area (Å²) in [6.07, 6.45) is 3.40. The fourth-order valence-corrected chi connectivity index (χ4v) is 2.76. The first-order chi connectivity index (χ1) is 11.7. The van der Waals surface area contributed by atoms with Crippen LogP contribution in [0.5, 0.6) is 0 Å². The van der Waals surface area contributed by atoms with E-state index in [1.807, 2.05) is 43.3 Å². The lowest BCUT2D eigenvalue weighted by Gasteiger charge is -2.06. The first kappa shape index (κ1) is 16.2. The lowest BCUT2D eigenvalue weighted by molar-refractivity contribution is -0.118. The average Bonchev–Trinajstić information content (AvgIpc) is 3.09. The molecule has 0 saturated heterocycles. The molecule has 0 atom stereocenters. The molecule has 3 rings (SSSR count). The second-order valence-corrected chi connectivity index (χ2v) is 6.14. The number of carbonyl (C=O) groups is 1. The summed E-state index contributed by atoms with van der Waals surface area (Å²) in [7, 11) is 0. The second kappa shape index (κ2) is 7.74. The first-order valence-corrected chi connectivity index (χ1v) is 8.48. The molecule has 3 aromatic rings. The van der Waals surface area contributed by atoms with Crippen LogP contribution in [-0.4, -0.2) is 31.8 Å². The number of nitrogens with zero attached hydrogens (tertiary/aromatic N) is 3. The summed E-state index contributed by atoms with van der Waals surface area (Å²) in [5.41, 5.74) is 3.20. The van der Waals surface area contributed by atoms with Crippen molar-refractivity contribution < 1.29 is 4.79 Å². The van der Waals surface area contributed by atoms with Gasteiger partial charge in [0.15, 0.2) is 5.82 Å². The van der Waals surface area contributed by atoms with Gasteiger partial charge in [0.25, 0.3) is 0 Å². The number of thioether (sulfide) groups is 1. The number of aryl methyl sites for hydroxylation is 1. The molecule has 0 spiro atoms. The van der Waals surface area contributed by atoms with Crippen molar-refractivity contribution in [2.24, 2.45) is 0 Å². The van der Waals surface area contributed by atoms with Gasteiger partial charge in [-0.25, -0.2) is 4.98 Å². The smallest absolute Gasteiger partial charge is 0.230 e. The van der Waals surface area contributed by atoms with E-state index in [1.165, 1.54) is 17.3 Å². The van der Waals surface area contributed by atoms with E-state index in [-0.39, 0.29) is 11.7 Å². The monoisotopic (exact) mass is 339 g/mol. The Morgan fingerprint density at radius 1 is 1.21 bits per heavy atom. The molecule has 2 aromatic heterocycles. The molecule has 0 aliphatic heterocycles. The lowest BCUT2D eigenvalue weighted by atomic mass is 10.1. The molecule has 7 heteroatoms. The van der Waals surface area contributed by atoms with Crippen LogP contribution in [-0.2, 0) is 11.3 Å². The molecule has 2 heterocycles. The highest BCUT2D eigenvalue weighted by Crippen LogP contribution is 2.18. The van der Waals surface area contributed by atoms with Gasteiger partial charge in [0.1, 0.15) is 0 Å². The van der Waals surface area contributed by atoms with Crippen LogP contribution in [0.25, 0.3) is 11.4 Å². The number of aromatic amines is 1. The number of benzene rings is 1. The van der Waals surface area contributed by atoms with Crippen LogP contribution in [0.15, 0.2) is 53.9 Å². The van der Waals surface area contributed by atoms with E-state index in [2.05, 4.69) is 25.5 Å². The molecule has 0 fully saturated rings. The maximum Gasteiger partial charge on any atom is 0.230 e. The number of rotatable bonds is 6. The number of pyridine rings is 1. The quantitative estimate of drug-likeness (QED) is 0.675. The Balaban J connectivity index is 1.50. The number of H-pyrrole nitrogens is 1. The van der Waals surface area contributed by atoms with Crippen molar-refractivity contribution >= 4 is 17.7 Å². The van der Waals surface area contributed by atoms with Gasteiger partial charge in [-0.05, 0) is 30.2 Å². The Morgan fingerprint density at radius 3 is 2.79 bits per heavy atom. The van der Waals surface area contributed by atoms with E-state index < -0.39 is 0 Å². The van der Waals surface area contributed by atoms with Crippen molar-refractivity contribution in [1.29, 1.82) is 0 Å². The molecule has 0 aliphatic rings. The number of aromatic nitrogens is 4. The highest BCUT2D eigenvalue weighted by molar-refractivity contribution is 7.99. The van der Waals surface area contributed by atoms with Gasteiger partial charge in [0.05, 0.1) is 5.75 Å². The van der Waals surface area contributed by atoms with E-state index in [9.17, 15) is 4.79 Å². The van der Waals surface area contributed by atoms with Crippen LogP contribution in [0.1, 0.15) is 11.1 Å². The maximum absolute atomic E-state index is 12.0. The third-order valence-electron chi connectivity index (χ3n) is 3.49. The van der Waals surface area contributed by atoms with Crippen molar-refractivity contribution in [3.05, 3.63) is 59.9 Å². The van der Waals surface area contributed by atoms with E-state index in [0.29, 0.717) is 17.5 Å². The van der Waals surface area contributed by atoms with Gasteiger partial charge >= 0.3 is 0 Å². The van der Waals surface area contributed by atoms with Gasteiger partial charge in [-0.1, -0.05) is 36.0 Å². The number of hydrogen-bond donors (Lipinski definition) is 2. The average molecular weight is 339 g/mol. The van der Waals surface area contributed by atoms with Crippen molar-refractivity contribution in [1.82, 2.24) is 25.5 Å². The molecular formula is C17H17N5OS. The minimum Gasteiger partial charge on any atom is -0.351 e. The zero-order valence-corrected chi connectivity index (χ0v) is 14.0. The molecular weight excluding hydrogens is 322 g/mol. The predicted molar refractivity (Wildman–Crippen MR) is 93.4 cm³/mol. The number of carbonyl (C=O) groups excluding carboxylic acids is 1. The molecule has 1 aromatic carbocycles. The van der Waals surface area contributed by atoms with Crippen LogP contribution < -0.4 is 5.32 Å². The molecule has 122 valence electrons. The molecule has 1 amide bonds. The summed E-state index contributed by atoms with van der Waals surface area (Å²) in [6, 6.07) is 11.7. The van der Waals surface area contributed by atoms with Crippen molar-refractivity contribution in [2.45, 2.75) is 18.6 Å². The topological polar surface area (TPSA) is 83.6 Å². The molecule has 0 bridgehead atoms. The summed E-state index contributed by atoms with van der Waals surface area (Å²) in [4.78, 5) is 20.3. The van der Waals surface area contributed by atoms with Crippen molar-refractivity contribution in [3.8, 4) is 11.4 Å². The first-order valence-electron chi connectivity index (χ1n) is 7.49. The lowest BCUT2D eigenvalue weighted by Crippen LogP contribution is -2.24. The van der Waals surface area contributed by atoms with Crippen LogP contribution in [0.4, 0.5) is 0 Å². The fourth-order valence-electron chi connectivity index (χ4n) is 2.13. The van der Waals surface area contributed by atoms with Crippen molar-refractivity contribution in [3.63, 3.8) is 0 Å². The Labute approximate surface area is 144 Å². The van der Waals surface area contributed by atoms with Gasteiger partial charge in [-0.3, -0.25) is 14.9 Å². The summed E-state index contributed by atoms with van der Waals surface area (Å²) in [6.45, 7) is 2.56. The Bertz CT molecular complexity index is 819. The molecule has 6 nitrogen and oxygen atoms in total. The normalized spacial score (nSPS) is 10.5. The third-order valence-corrected chi connectivity index (χ3v) is 4.34. The summed E-state index contributed by atoms with van der Waals surface area (Å²) >= 11 is 1.30.